The second-order valence-electron chi connectivity index (χ2n) is 9.71. The maximum atomic E-state index is 15.1. The van der Waals surface area contributed by atoms with Crippen LogP contribution in [0.1, 0.15) is 44.9 Å². The average Bonchev–Trinajstić information content (AvgIpc) is 3.51. The van der Waals surface area contributed by atoms with Gasteiger partial charge in [-0.05, 0) is 36.0 Å². The first-order chi connectivity index (χ1) is 15.7. The van der Waals surface area contributed by atoms with E-state index < -0.39 is 49.8 Å². The number of fused-ring (bicyclic) bond motifs is 1. The summed E-state index contributed by atoms with van der Waals surface area (Å²) in [6, 6.07) is 2.83. The van der Waals surface area contributed by atoms with Crippen molar-refractivity contribution in [2.24, 2.45) is 5.41 Å². The van der Waals surface area contributed by atoms with Crippen molar-refractivity contribution in [3.63, 3.8) is 0 Å². The van der Waals surface area contributed by atoms with Crippen LogP contribution in [0.25, 0.3) is 22.3 Å². The summed E-state index contributed by atoms with van der Waals surface area (Å²) in [6.45, 7) is 6.14. The van der Waals surface area contributed by atoms with Crippen molar-refractivity contribution >= 4 is 21.1 Å². The Balaban J connectivity index is 1.87. The zero-order valence-electron chi connectivity index (χ0n) is 18.8. The van der Waals surface area contributed by atoms with Gasteiger partial charge in [0.25, 0.3) is 0 Å². The predicted molar refractivity (Wildman–Crippen MR) is 119 cm³/mol. The number of H-pyrrole nitrogens is 1. The summed E-state index contributed by atoms with van der Waals surface area (Å²) in [5.41, 5.74) is -3.11. The molecule has 0 aliphatic heterocycles. The lowest BCUT2D eigenvalue weighted by atomic mass is 9.97. The SMILES string of the molecule is CC(C)(C)Cn1cc(CNS(=O)(=O)C2CC2)c2cc(F)c(-c3ccc(=O)[nH]c3C(F)(F)F)nc21. The molecule has 7 nitrogen and oxygen atoms in total. The van der Waals surface area contributed by atoms with Gasteiger partial charge in [-0.15, -0.1) is 0 Å². The third-order valence-corrected chi connectivity index (χ3v) is 7.31. The highest BCUT2D eigenvalue weighted by Gasteiger charge is 2.37. The Bertz CT molecular complexity index is 1410. The number of nitrogens with zero attached hydrogens (tertiary/aromatic N) is 2. The number of hydrogen-bond donors (Lipinski definition) is 2. The number of halogens is 4. The lowest BCUT2D eigenvalue weighted by Gasteiger charge is -2.19. The van der Waals surface area contributed by atoms with E-state index >= 15 is 4.39 Å². The van der Waals surface area contributed by atoms with Crippen molar-refractivity contribution in [3.05, 3.63) is 51.8 Å². The van der Waals surface area contributed by atoms with Crippen LogP contribution in [0.15, 0.2) is 29.2 Å². The molecular weight excluding hydrogens is 476 g/mol. The number of alkyl halides is 3. The molecule has 3 heterocycles. The molecule has 0 atom stereocenters. The molecule has 1 aliphatic rings. The standard InChI is InChI=1S/C22H24F4N4O3S/c1-21(2,3)11-30-10-12(9-27-34(32,33)13-4-5-13)15-8-16(23)18(29-20(15)30)14-6-7-17(31)28-19(14)22(24,25)26/h6-8,10,13,27H,4-5,9,11H2,1-3H3,(H,28,31). The fraction of sp³-hybridized carbons (Fsp3) is 0.455. The van der Waals surface area contributed by atoms with Gasteiger partial charge >= 0.3 is 6.18 Å². The van der Waals surface area contributed by atoms with Gasteiger partial charge in [-0.25, -0.2) is 22.5 Å². The van der Waals surface area contributed by atoms with Gasteiger partial charge in [0, 0.05) is 36.3 Å². The van der Waals surface area contributed by atoms with Gasteiger partial charge in [-0.1, -0.05) is 20.8 Å². The van der Waals surface area contributed by atoms with Gasteiger partial charge in [-0.3, -0.25) is 4.79 Å². The molecule has 34 heavy (non-hydrogen) atoms. The third-order valence-electron chi connectivity index (χ3n) is 5.41. The Morgan fingerprint density at radius 3 is 2.47 bits per heavy atom. The van der Waals surface area contributed by atoms with E-state index in [9.17, 15) is 26.4 Å². The molecule has 1 saturated carbocycles. The molecule has 1 aliphatic carbocycles. The summed E-state index contributed by atoms with van der Waals surface area (Å²) >= 11 is 0. The zero-order valence-corrected chi connectivity index (χ0v) is 19.6. The van der Waals surface area contributed by atoms with Crippen molar-refractivity contribution in [3.8, 4) is 11.3 Å². The quantitative estimate of drug-likeness (QED) is 0.497. The van der Waals surface area contributed by atoms with Crippen molar-refractivity contribution in [2.45, 2.75) is 58.1 Å². The Labute approximate surface area is 193 Å². The molecular formula is C22H24F4N4O3S. The molecule has 3 aromatic heterocycles. The van der Waals surface area contributed by atoms with E-state index in [0.29, 0.717) is 30.3 Å². The highest BCUT2D eigenvalue weighted by Crippen LogP contribution is 2.37. The summed E-state index contributed by atoms with van der Waals surface area (Å²) in [7, 11) is -3.50. The molecule has 4 rings (SSSR count). The molecule has 0 aromatic carbocycles. The van der Waals surface area contributed by atoms with Gasteiger partial charge in [0.15, 0.2) is 0 Å². The lowest BCUT2D eigenvalue weighted by molar-refractivity contribution is -0.140. The van der Waals surface area contributed by atoms with Crippen molar-refractivity contribution in [1.29, 1.82) is 0 Å². The highest BCUT2D eigenvalue weighted by molar-refractivity contribution is 7.90. The maximum absolute atomic E-state index is 15.1. The van der Waals surface area contributed by atoms with Gasteiger partial charge < -0.3 is 9.55 Å². The van der Waals surface area contributed by atoms with Crippen LogP contribution in [0, 0.1) is 11.2 Å². The third kappa shape index (κ3) is 5.02. The predicted octanol–water partition coefficient (Wildman–Crippen LogP) is 4.18. The van der Waals surface area contributed by atoms with Crippen molar-refractivity contribution in [2.75, 3.05) is 0 Å². The van der Waals surface area contributed by atoms with Crippen LogP contribution in [-0.2, 0) is 29.3 Å². The molecule has 1 fully saturated rings. The fourth-order valence-electron chi connectivity index (χ4n) is 3.78. The average molecular weight is 501 g/mol. The van der Waals surface area contributed by atoms with Gasteiger partial charge in [0.1, 0.15) is 22.9 Å². The van der Waals surface area contributed by atoms with Crippen molar-refractivity contribution < 1.29 is 26.0 Å². The summed E-state index contributed by atoms with van der Waals surface area (Å²) in [6.07, 6.45) is -2.12. The number of aromatic nitrogens is 3. The number of hydrogen-bond acceptors (Lipinski definition) is 4. The first-order valence-electron chi connectivity index (χ1n) is 10.6. The number of nitrogens with one attached hydrogen (secondary N) is 2. The second-order valence-corrected chi connectivity index (χ2v) is 11.8. The Kier molecular flexibility index (Phi) is 5.88. The first kappa shape index (κ1) is 24.4. The maximum Gasteiger partial charge on any atom is 0.432 e. The number of aromatic amines is 1. The van der Waals surface area contributed by atoms with Gasteiger partial charge in [0.2, 0.25) is 15.6 Å². The van der Waals surface area contributed by atoms with Gasteiger partial charge in [0.05, 0.1) is 5.25 Å². The van der Waals surface area contributed by atoms with E-state index in [4.69, 9.17) is 0 Å². The second kappa shape index (κ2) is 8.19. The normalized spacial score (nSPS) is 15.3. The summed E-state index contributed by atoms with van der Waals surface area (Å²) < 4.78 is 84.5. The van der Waals surface area contributed by atoms with Crippen LogP contribution < -0.4 is 10.3 Å². The smallest absolute Gasteiger partial charge is 0.332 e. The molecule has 2 N–H and O–H groups in total. The lowest BCUT2D eigenvalue weighted by Crippen LogP contribution is -2.26. The first-order valence-corrected chi connectivity index (χ1v) is 12.2. The molecule has 12 heteroatoms. The highest BCUT2D eigenvalue weighted by atomic mass is 32.2. The van der Waals surface area contributed by atoms with Crippen LogP contribution in [-0.4, -0.2) is 28.2 Å². The molecule has 0 bridgehead atoms. The van der Waals surface area contributed by atoms with E-state index in [1.54, 1.807) is 15.7 Å². The molecule has 3 aromatic rings. The Hall–Kier alpha value is -2.73. The van der Waals surface area contributed by atoms with E-state index in [0.717, 1.165) is 18.2 Å². The van der Waals surface area contributed by atoms with Gasteiger partial charge in [-0.2, -0.15) is 13.2 Å². The van der Waals surface area contributed by atoms with Crippen LogP contribution in [0.2, 0.25) is 0 Å². The minimum atomic E-state index is -4.93. The molecule has 184 valence electrons. The molecule has 0 amide bonds. The van der Waals surface area contributed by atoms with E-state index in [-0.39, 0.29) is 17.6 Å². The van der Waals surface area contributed by atoms with Crippen LogP contribution in [0.5, 0.6) is 0 Å². The molecule has 0 spiro atoms. The minimum absolute atomic E-state index is 0.0978. The fourth-order valence-corrected chi connectivity index (χ4v) is 5.13. The van der Waals surface area contributed by atoms with Crippen molar-refractivity contribution in [1.82, 2.24) is 19.3 Å². The largest absolute Gasteiger partial charge is 0.432 e. The number of pyridine rings is 2. The van der Waals surface area contributed by atoms with Crippen LogP contribution in [0.3, 0.4) is 0 Å². The zero-order chi connectivity index (χ0) is 25.1. The summed E-state index contributed by atoms with van der Waals surface area (Å²) in [4.78, 5) is 17.5. The molecule has 0 radical (unpaired) electrons. The number of sulfonamides is 1. The Morgan fingerprint density at radius 2 is 1.88 bits per heavy atom. The van der Waals surface area contributed by atoms with Crippen LogP contribution >= 0.6 is 0 Å². The monoisotopic (exact) mass is 500 g/mol. The number of rotatable bonds is 6. The van der Waals surface area contributed by atoms with E-state index in [1.165, 1.54) is 0 Å². The molecule has 0 unspecified atom stereocenters. The van der Waals surface area contributed by atoms with Crippen LogP contribution in [0.4, 0.5) is 17.6 Å². The van der Waals surface area contributed by atoms with E-state index in [2.05, 4.69) is 9.71 Å². The van der Waals surface area contributed by atoms with E-state index in [1.807, 2.05) is 20.8 Å². The molecule has 0 saturated heterocycles. The summed E-state index contributed by atoms with van der Waals surface area (Å²) in [5.74, 6) is -1.02. The topological polar surface area (TPSA) is 96.9 Å². The summed E-state index contributed by atoms with van der Waals surface area (Å²) in [5, 5.41) is -0.139. The minimum Gasteiger partial charge on any atom is -0.332 e. The Morgan fingerprint density at radius 1 is 1.21 bits per heavy atom.